The molecule has 0 saturated heterocycles. The molecule has 4 rings (SSSR count). The molecule has 0 bridgehead atoms. The minimum Gasteiger partial charge on any atom is -0.188 e. The van der Waals surface area contributed by atoms with Crippen LogP contribution in [-0.4, -0.2) is 16.7 Å². The molecular formula is C22H17INS+. The van der Waals surface area contributed by atoms with Crippen molar-refractivity contribution in [3.05, 3.63) is 102 Å². The Balaban J connectivity index is 1.94. The third kappa shape index (κ3) is 3.18. The predicted molar refractivity (Wildman–Crippen MR) is 118 cm³/mol. The second-order valence-electron chi connectivity index (χ2n) is 5.86. The molecule has 1 aliphatic rings. The molecule has 1 nitrogen and oxygen atoms in total. The van der Waals surface area contributed by atoms with Crippen molar-refractivity contribution in [1.82, 2.24) is 0 Å². The molecule has 3 heteroatoms. The number of fused-ring (bicyclic) bond motifs is 1. The molecule has 1 heterocycles. The minimum atomic E-state index is 1.25. The molecule has 122 valence electrons. The third-order valence-corrected chi connectivity index (χ3v) is 7.12. The van der Waals surface area contributed by atoms with Gasteiger partial charge in [0.15, 0.2) is 0 Å². The van der Waals surface area contributed by atoms with Crippen molar-refractivity contribution in [2.24, 2.45) is 0 Å². The topological polar surface area (TPSA) is 3.01 Å². The van der Waals surface area contributed by atoms with Crippen LogP contribution in [0, 0.1) is 0 Å². The number of benzene rings is 3. The van der Waals surface area contributed by atoms with Crippen LogP contribution in [0.4, 0.5) is 5.69 Å². The van der Waals surface area contributed by atoms with Crippen molar-refractivity contribution in [1.29, 1.82) is 0 Å². The van der Waals surface area contributed by atoms with Gasteiger partial charge in [-0.1, -0.05) is 60.7 Å². The molecule has 3 aromatic carbocycles. The van der Waals surface area contributed by atoms with Crippen molar-refractivity contribution >= 4 is 53.6 Å². The maximum absolute atomic E-state index is 2.49. The lowest BCUT2D eigenvalue weighted by atomic mass is 10.1. The van der Waals surface area contributed by atoms with Crippen LogP contribution in [0.3, 0.4) is 0 Å². The first-order valence-corrected chi connectivity index (χ1v) is 10.0. The van der Waals surface area contributed by atoms with Crippen LogP contribution in [-0.2, 0) is 0 Å². The number of halogens is 1. The molecule has 0 spiro atoms. The highest BCUT2D eigenvalue weighted by atomic mass is 127. The first-order valence-electron chi connectivity index (χ1n) is 8.14. The standard InChI is InChI=1S/C22H17INS/c1-24-19-15-9-8-14-18(19)21(20(23)16-10-4-2-5-11-16)25-22(24)17-12-6-3-7-13-17/h2-15H,1H3/q+1/b21-20+. The molecule has 3 aromatic rings. The average molecular weight is 454 g/mol. The summed E-state index contributed by atoms with van der Waals surface area (Å²) < 4.78 is 3.59. The fraction of sp³-hybridized carbons (Fsp3) is 0.0455. The Morgan fingerprint density at radius 3 is 2.12 bits per heavy atom. The fourth-order valence-electron chi connectivity index (χ4n) is 3.00. The van der Waals surface area contributed by atoms with E-state index in [0.717, 1.165) is 0 Å². The first kappa shape index (κ1) is 16.6. The lowest BCUT2D eigenvalue weighted by Crippen LogP contribution is -2.16. The number of hydrogen-bond acceptors (Lipinski definition) is 1. The smallest absolute Gasteiger partial charge is 0.188 e. The van der Waals surface area contributed by atoms with Crippen LogP contribution < -0.4 is 0 Å². The SMILES string of the molecule is C[N+]1=C(c2ccccc2)S/C(=C(/I)c2ccccc2)c2ccccc21. The van der Waals surface area contributed by atoms with Gasteiger partial charge >= 0.3 is 0 Å². The zero-order valence-electron chi connectivity index (χ0n) is 13.8. The molecule has 25 heavy (non-hydrogen) atoms. The van der Waals surface area contributed by atoms with Gasteiger partial charge in [0.25, 0.3) is 5.04 Å². The van der Waals surface area contributed by atoms with E-state index in [1.165, 1.54) is 35.9 Å². The zero-order valence-corrected chi connectivity index (χ0v) is 16.8. The maximum atomic E-state index is 2.49. The second kappa shape index (κ2) is 7.18. The lowest BCUT2D eigenvalue weighted by molar-refractivity contribution is -0.401. The monoisotopic (exact) mass is 454 g/mol. The van der Waals surface area contributed by atoms with Crippen LogP contribution in [0.25, 0.3) is 8.48 Å². The summed E-state index contributed by atoms with van der Waals surface area (Å²) >= 11 is 4.34. The Kier molecular flexibility index (Phi) is 4.77. The summed E-state index contributed by atoms with van der Waals surface area (Å²) in [5, 5.41) is 1.26. The lowest BCUT2D eigenvalue weighted by Gasteiger charge is -2.19. The van der Waals surface area contributed by atoms with E-state index in [9.17, 15) is 0 Å². The van der Waals surface area contributed by atoms with E-state index in [4.69, 9.17) is 0 Å². The quantitative estimate of drug-likeness (QED) is 0.319. The molecule has 0 amide bonds. The van der Waals surface area contributed by atoms with Gasteiger partial charge in [0.05, 0.1) is 11.1 Å². The highest BCUT2D eigenvalue weighted by molar-refractivity contribution is 14.1. The van der Waals surface area contributed by atoms with Gasteiger partial charge in [-0.05, 0) is 58.1 Å². The highest BCUT2D eigenvalue weighted by Gasteiger charge is 2.30. The van der Waals surface area contributed by atoms with Gasteiger partial charge in [-0.3, -0.25) is 0 Å². The Labute approximate surface area is 166 Å². The molecule has 0 aromatic heterocycles. The van der Waals surface area contributed by atoms with Crippen LogP contribution in [0.1, 0.15) is 16.7 Å². The van der Waals surface area contributed by atoms with Gasteiger partial charge in [0, 0.05) is 14.6 Å². The Morgan fingerprint density at radius 2 is 1.40 bits per heavy atom. The van der Waals surface area contributed by atoms with Crippen molar-refractivity contribution in [2.75, 3.05) is 7.05 Å². The van der Waals surface area contributed by atoms with Crippen molar-refractivity contribution in [3.8, 4) is 0 Å². The van der Waals surface area contributed by atoms with Crippen LogP contribution in [0.2, 0.25) is 0 Å². The van der Waals surface area contributed by atoms with Crippen molar-refractivity contribution in [2.45, 2.75) is 0 Å². The van der Waals surface area contributed by atoms with E-state index >= 15 is 0 Å². The highest BCUT2D eigenvalue weighted by Crippen LogP contribution is 2.46. The van der Waals surface area contributed by atoms with Crippen LogP contribution >= 0.6 is 34.4 Å². The number of nitrogens with zero attached hydrogens (tertiary/aromatic N) is 1. The molecule has 0 atom stereocenters. The Bertz CT molecular complexity index is 975. The fourth-order valence-corrected chi connectivity index (χ4v) is 5.15. The van der Waals surface area contributed by atoms with Gasteiger partial charge < -0.3 is 0 Å². The van der Waals surface area contributed by atoms with Gasteiger partial charge in [0.2, 0.25) is 5.69 Å². The van der Waals surface area contributed by atoms with E-state index in [1.54, 1.807) is 0 Å². The number of para-hydroxylation sites is 1. The third-order valence-electron chi connectivity index (χ3n) is 4.26. The summed E-state index contributed by atoms with van der Waals surface area (Å²) in [5.74, 6) is 0. The summed E-state index contributed by atoms with van der Waals surface area (Å²) in [7, 11) is 2.15. The summed E-state index contributed by atoms with van der Waals surface area (Å²) in [6, 6.07) is 29.9. The van der Waals surface area contributed by atoms with Gasteiger partial charge in [-0.25, -0.2) is 0 Å². The zero-order chi connectivity index (χ0) is 17.2. The molecule has 0 radical (unpaired) electrons. The summed E-state index contributed by atoms with van der Waals surface area (Å²) in [4.78, 5) is 1.32. The second-order valence-corrected chi connectivity index (χ2v) is 7.94. The molecule has 0 fully saturated rings. The largest absolute Gasteiger partial charge is 0.252 e. The van der Waals surface area contributed by atoms with E-state index in [1.807, 2.05) is 11.8 Å². The Morgan fingerprint density at radius 1 is 0.800 bits per heavy atom. The van der Waals surface area contributed by atoms with E-state index in [2.05, 4.69) is 119 Å². The molecule has 0 aliphatic carbocycles. The Hall–Kier alpha value is -1.85. The van der Waals surface area contributed by atoms with Crippen LogP contribution in [0.15, 0.2) is 84.9 Å². The van der Waals surface area contributed by atoms with E-state index in [0.29, 0.717) is 0 Å². The summed E-state index contributed by atoms with van der Waals surface area (Å²) in [6.45, 7) is 0. The first-order chi connectivity index (χ1) is 12.3. The van der Waals surface area contributed by atoms with E-state index < -0.39 is 0 Å². The molecular weight excluding hydrogens is 437 g/mol. The molecule has 1 aliphatic heterocycles. The van der Waals surface area contributed by atoms with Gasteiger partial charge in [0.1, 0.15) is 7.05 Å². The van der Waals surface area contributed by atoms with Crippen LogP contribution in [0.5, 0.6) is 0 Å². The molecule has 0 N–H and O–H groups in total. The number of thioether (sulfide) groups is 1. The maximum Gasteiger partial charge on any atom is 0.252 e. The van der Waals surface area contributed by atoms with Gasteiger partial charge in [-0.2, -0.15) is 4.58 Å². The van der Waals surface area contributed by atoms with Crippen molar-refractivity contribution in [3.63, 3.8) is 0 Å². The average Bonchev–Trinajstić information content (AvgIpc) is 2.69. The minimum absolute atomic E-state index is 1.25. The van der Waals surface area contributed by atoms with E-state index in [-0.39, 0.29) is 0 Å². The summed E-state index contributed by atoms with van der Waals surface area (Å²) in [6.07, 6.45) is 0. The normalized spacial score (nSPS) is 15.8. The molecule has 0 saturated carbocycles. The molecule has 0 unspecified atom stereocenters. The number of hydrogen-bond donors (Lipinski definition) is 0. The predicted octanol–water partition coefficient (Wildman–Crippen LogP) is 6.41. The van der Waals surface area contributed by atoms with Gasteiger partial charge in [-0.15, -0.1) is 0 Å². The summed E-state index contributed by atoms with van der Waals surface area (Å²) in [5.41, 5.74) is 5.06. The van der Waals surface area contributed by atoms with Crippen molar-refractivity contribution < 1.29 is 4.58 Å². The number of rotatable bonds is 2.